The molecule has 100 valence electrons. The molecule has 0 aromatic heterocycles. The molecule has 3 heteroatoms. The van der Waals surface area contributed by atoms with E-state index in [0.29, 0.717) is 5.92 Å². The Labute approximate surface area is 109 Å². The van der Waals surface area contributed by atoms with Gasteiger partial charge in [0.2, 0.25) is 0 Å². The smallest absolute Gasteiger partial charge is 0.189 e. The van der Waals surface area contributed by atoms with Gasteiger partial charge in [0.25, 0.3) is 0 Å². The quantitative estimate of drug-likeness (QED) is 0.817. The van der Waals surface area contributed by atoms with Crippen molar-refractivity contribution in [3.8, 4) is 0 Å². The molecule has 1 atom stereocenters. The maximum absolute atomic E-state index is 10.7. The van der Waals surface area contributed by atoms with Crippen molar-refractivity contribution in [2.75, 3.05) is 14.2 Å². The first-order chi connectivity index (χ1) is 8.61. The van der Waals surface area contributed by atoms with Crippen LogP contribution in [0.15, 0.2) is 24.3 Å². The van der Waals surface area contributed by atoms with Gasteiger partial charge < -0.3 is 14.6 Å². The fourth-order valence-electron chi connectivity index (χ4n) is 2.72. The molecule has 0 amide bonds. The van der Waals surface area contributed by atoms with E-state index in [1.165, 1.54) is 24.8 Å². The molecule has 1 fully saturated rings. The molecule has 1 N–H and O–H groups in total. The number of rotatable bonds is 5. The highest BCUT2D eigenvalue weighted by molar-refractivity contribution is 5.36. The van der Waals surface area contributed by atoms with E-state index >= 15 is 0 Å². The average molecular weight is 250 g/mol. The summed E-state index contributed by atoms with van der Waals surface area (Å²) in [7, 11) is 3.10. The highest BCUT2D eigenvalue weighted by Crippen LogP contribution is 2.41. The lowest BCUT2D eigenvalue weighted by atomic mass is 9.75. The fraction of sp³-hybridized carbons (Fsp3) is 0.600. The summed E-state index contributed by atoms with van der Waals surface area (Å²) >= 11 is 0. The van der Waals surface area contributed by atoms with Crippen LogP contribution in [0.1, 0.15) is 43.2 Å². The Hall–Kier alpha value is -0.900. The Morgan fingerprint density at radius 2 is 1.83 bits per heavy atom. The molecule has 1 aromatic rings. The normalized spacial score (nSPS) is 19.6. The van der Waals surface area contributed by atoms with Crippen molar-refractivity contribution in [3.63, 3.8) is 0 Å². The predicted octanol–water partition coefficient (Wildman–Crippen LogP) is 2.78. The summed E-state index contributed by atoms with van der Waals surface area (Å²) < 4.78 is 10.5. The zero-order valence-corrected chi connectivity index (χ0v) is 11.3. The topological polar surface area (TPSA) is 38.7 Å². The van der Waals surface area contributed by atoms with Crippen molar-refractivity contribution in [1.29, 1.82) is 0 Å². The van der Waals surface area contributed by atoms with Crippen LogP contribution in [0.3, 0.4) is 0 Å². The van der Waals surface area contributed by atoms with E-state index in [-0.39, 0.29) is 0 Å². The molecule has 0 saturated heterocycles. The molecule has 0 heterocycles. The maximum Gasteiger partial charge on any atom is 0.189 e. The molecule has 1 unspecified atom stereocenters. The van der Waals surface area contributed by atoms with Crippen LogP contribution in [0, 0.1) is 0 Å². The van der Waals surface area contributed by atoms with Gasteiger partial charge in [0, 0.05) is 14.2 Å². The molecule has 1 aliphatic rings. The highest BCUT2D eigenvalue weighted by Gasteiger charge is 2.37. The van der Waals surface area contributed by atoms with Crippen LogP contribution in [-0.2, 0) is 15.1 Å². The van der Waals surface area contributed by atoms with Crippen molar-refractivity contribution in [2.24, 2.45) is 0 Å². The lowest BCUT2D eigenvalue weighted by Crippen LogP contribution is -2.40. The Balaban J connectivity index is 2.36. The molecule has 3 nitrogen and oxygen atoms in total. The Morgan fingerprint density at radius 3 is 2.33 bits per heavy atom. The van der Waals surface area contributed by atoms with Gasteiger partial charge in [-0.1, -0.05) is 30.7 Å². The summed E-state index contributed by atoms with van der Waals surface area (Å²) in [6.45, 7) is 1.75. The lowest BCUT2D eigenvalue weighted by Gasteiger charge is -2.36. The summed E-state index contributed by atoms with van der Waals surface area (Å²) in [5, 5.41) is 10.7. The third-order valence-corrected chi connectivity index (χ3v) is 3.94. The first-order valence-corrected chi connectivity index (χ1v) is 6.48. The summed E-state index contributed by atoms with van der Waals surface area (Å²) in [5.41, 5.74) is 1.02. The molecule has 0 radical (unpaired) electrons. The van der Waals surface area contributed by atoms with Crippen molar-refractivity contribution >= 4 is 0 Å². The number of benzene rings is 1. The largest absolute Gasteiger partial charge is 0.380 e. The molecule has 0 spiro atoms. The van der Waals surface area contributed by atoms with Gasteiger partial charge in [0.05, 0.1) is 0 Å². The lowest BCUT2D eigenvalue weighted by molar-refractivity contribution is -0.213. The second-order valence-corrected chi connectivity index (χ2v) is 5.17. The molecular weight excluding hydrogens is 228 g/mol. The molecule has 1 aromatic carbocycles. The van der Waals surface area contributed by atoms with E-state index in [1.807, 2.05) is 18.2 Å². The number of methoxy groups -OCH3 is 2. The Bertz CT molecular complexity index is 392. The van der Waals surface area contributed by atoms with Crippen LogP contribution in [0.4, 0.5) is 0 Å². The van der Waals surface area contributed by atoms with Crippen LogP contribution in [0.25, 0.3) is 0 Å². The third-order valence-electron chi connectivity index (χ3n) is 3.94. The third kappa shape index (κ3) is 2.30. The Kier molecular flexibility index (Phi) is 4.05. The second-order valence-electron chi connectivity index (χ2n) is 5.17. The highest BCUT2D eigenvalue weighted by atomic mass is 16.7. The van der Waals surface area contributed by atoms with Gasteiger partial charge in [-0.15, -0.1) is 0 Å². The molecule has 1 saturated carbocycles. The van der Waals surface area contributed by atoms with Gasteiger partial charge in [0.1, 0.15) is 5.60 Å². The minimum atomic E-state index is -1.13. The van der Waals surface area contributed by atoms with Crippen LogP contribution < -0.4 is 0 Å². The van der Waals surface area contributed by atoms with E-state index in [1.54, 1.807) is 21.1 Å². The summed E-state index contributed by atoms with van der Waals surface area (Å²) in [6.07, 6.45) is 3.04. The van der Waals surface area contributed by atoms with Gasteiger partial charge in [-0.2, -0.15) is 0 Å². The summed E-state index contributed by atoms with van der Waals surface area (Å²) in [5.74, 6) is 0.571. The first-order valence-electron chi connectivity index (χ1n) is 6.48. The molecule has 0 aliphatic heterocycles. The monoisotopic (exact) mass is 250 g/mol. The standard InChI is InChI=1S/C15H22O3/c1-15(16,14(17-2)18-3)13-10-5-4-9-12(13)11-7-6-8-11/h4-5,9-11,14,16H,6-8H2,1-3H3. The van der Waals surface area contributed by atoms with Crippen LogP contribution in [0.2, 0.25) is 0 Å². The molecule has 18 heavy (non-hydrogen) atoms. The number of hydrogen-bond acceptors (Lipinski definition) is 3. The zero-order chi connectivity index (χ0) is 13.2. The van der Waals surface area contributed by atoms with Gasteiger partial charge in [-0.05, 0) is 36.8 Å². The minimum absolute atomic E-state index is 0.571. The molecule has 1 aliphatic carbocycles. The minimum Gasteiger partial charge on any atom is -0.380 e. The van der Waals surface area contributed by atoms with Gasteiger partial charge in [0.15, 0.2) is 6.29 Å². The van der Waals surface area contributed by atoms with Crippen LogP contribution in [-0.4, -0.2) is 25.6 Å². The fourth-order valence-corrected chi connectivity index (χ4v) is 2.72. The van der Waals surface area contributed by atoms with E-state index in [4.69, 9.17) is 9.47 Å². The van der Waals surface area contributed by atoms with E-state index in [9.17, 15) is 5.11 Å². The van der Waals surface area contributed by atoms with E-state index in [2.05, 4.69) is 6.07 Å². The van der Waals surface area contributed by atoms with Crippen LogP contribution >= 0.6 is 0 Å². The van der Waals surface area contributed by atoms with Gasteiger partial charge in [-0.25, -0.2) is 0 Å². The van der Waals surface area contributed by atoms with Crippen molar-refractivity contribution in [2.45, 2.75) is 44.0 Å². The molecule has 0 bridgehead atoms. The number of hydrogen-bond donors (Lipinski definition) is 1. The average Bonchev–Trinajstić information content (AvgIpc) is 2.28. The van der Waals surface area contributed by atoms with E-state index < -0.39 is 11.9 Å². The SMILES string of the molecule is COC(OC)C(C)(O)c1ccccc1C1CCC1. The van der Waals surface area contributed by atoms with E-state index in [0.717, 1.165) is 5.56 Å². The first kappa shape index (κ1) is 13.5. The maximum atomic E-state index is 10.7. The second kappa shape index (κ2) is 5.39. The van der Waals surface area contributed by atoms with Crippen molar-refractivity contribution in [3.05, 3.63) is 35.4 Å². The van der Waals surface area contributed by atoms with Crippen molar-refractivity contribution in [1.82, 2.24) is 0 Å². The Morgan fingerprint density at radius 1 is 1.22 bits per heavy atom. The van der Waals surface area contributed by atoms with Crippen molar-refractivity contribution < 1.29 is 14.6 Å². The predicted molar refractivity (Wildman–Crippen MR) is 70.4 cm³/mol. The summed E-state index contributed by atoms with van der Waals surface area (Å²) in [4.78, 5) is 0. The van der Waals surface area contributed by atoms with Gasteiger partial charge in [-0.3, -0.25) is 0 Å². The molecule has 2 rings (SSSR count). The number of ether oxygens (including phenoxy) is 2. The number of aliphatic hydroxyl groups is 1. The summed E-state index contributed by atoms with van der Waals surface area (Å²) in [6, 6.07) is 8.06. The van der Waals surface area contributed by atoms with Gasteiger partial charge >= 0.3 is 0 Å². The molecular formula is C15H22O3. The van der Waals surface area contributed by atoms with Crippen LogP contribution in [0.5, 0.6) is 0 Å². The zero-order valence-electron chi connectivity index (χ0n) is 11.3.